The van der Waals surface area contributed by atoms with E-state index >= 15 is 0 Å². The summed E-state index contributed by atoms with van der Waals surface area (Å²) in [6, 6.07) is 0. The standard InChI is InChI=1S/6CN.Fe.Mn/c6*1-2;;/q;;;;;;-4;+4. The van der Waals surface area contributed by atoms with Gasteiger partial charge in [0.2, 0.25) is 0 Å². The predicted molar refractivity (Wildman–Crippen MR) is 33.7 cm³/mol. The summed E-state index contributed by atoms with van der Waals surface area (Å²) in [5, 5.41) is 51.5. The molecule has 0 unspecified atom stereocenters. The minimum absolute atomic E-state index is 0. The Morgan fingerprint density at radius 3 is 0.643 bits per heavy atom. The molecule has 8 heteroatoms. The van der Waals surface area contributed by atoms with Gasteiger partial charge >= 0.3 is 89.2 Å². The second-order valence-corrected chi connectivity index (χ2v) is 7.42. The van der Waals surface area contributed by atoms with Gasteiger partial charge < -0.3 is 0 Å². The number of hydrogen-bond donors (Lipinski definition) is 0. The van der Waals surface area contributed by atoms with Crippen LogP contribution in [0.4, 0.5) is 0 Å². The van der Waals surface area contributed by atoms with Gasteiger partial charge in [-0.15, -0.1) is 0 Å². The van der Waals surface area contributed by atoms with E-state index in [-0.39, 0.29) is 17.1 Å². The van der Waals surface area contributed by atoms with Crippen molar-refractivity contribution in [3.63, 3.8) is 0 Å². The molecule has 69 valence electrons. The quantitative estimate of drug-likeness (QED) is 0.569. The van der Waals surface area contributed by atoms with Gasteiger partial charge in [-0.3, -0.25) is 0 Å². The summed E-state index contributed by atoms with van der Waals surface area (Å²) in [6.45, 7) is 0. The van der Waals surface area contributed by atoms with Crippen molar-refractivity contribution in [3.8, 4) is 29.8 Å². The fraction of sp³-hybridized carbons (Fsp3) is 0. The summed E-state index contributed by atoms with van der Waals surface area (Å²) in [5.74, 6) is 0. The van der Waals surface area contributed by atoms with Gasteiger partial charge in [-0.1, -0.05) is 0 Å². The van der Waals surface area contributed by atoms with E-state index in [1.54, 1.807) is 0 Å². The Morgan fingerprint density at radius 2 is 0.643 bits per heavy atom. The van der Waals surface area contributed by atoms with E-state index in [4.69, 9.17) is 31.6 Å². The molecule has 0 N–H and O–H groups in total. The molecule has 1 radical (unpaired) electrons. The first-order valence-electron chi connectivity index (χ1n) is 2.40. The molecule has 0 aliphatic rings. The second-order valence-electron chi connectivity index (χ2n) is 1.80. The summed E-state index contributed by atoms with van der Waals surface area (Å²) in [4.78, 5) is 6.19. The predicted octanol–water partition coefficient (Wildman–Crippen LogP) is 0.0957. The maximum absolute atomic E-state index is 8.58. The van der Waals surface area contributed by atoms with Gasteiger partial charge in [0.1, 0.15) is 0 Å². The van der Waals surface area contributed by atoms with Crippen LogP contribution in [0.2, 0.25) is 0 Å². The van der Waals surface area contributed by atoms with Gasteiger partial charge in [-0.2, -0.15) is 0 Å². The van der Waals surface area contributed by atoms with Crippen LogP contribution in [0.1, 0.15) is 0 Å². The third-order valence-electron chi connectivity index (χ3n) is 1.19. The first-order valence-corrected chi connectivity index (χ1v) is 5.71. The summed E-state index contributed by atoms with van der Waals surface area (Å²) in [7, 11) is -6.17. The summed E-state index contributed by atoms with van der Waals surface area (Å²) in [5.41, 5.74) is 0. The summed E-state index contributed by atoms with van der Waals surface area (Å²) < 4.78 is 0. The fourth-order valence-electron chi connectivity index (χ4n) is 0.265. The van der Waals surface area contributed by atoms with Crippen molar-refractivity contribution in [3.05, 3.63) is 0 Å². The average molecular weight is 267 g/mol. The van der Waals surface area contributed by atoms with Crippen molar-refractivity contribution in [1.82, 2.24) is 0 Å². The van der Waals surface area contributed by atoms with Gasteiger partial charge in [-0.25, -0.2) is 0 Å². The van der Waals surface area contributed by atoms with E-state index in [1.165, 1.54) is 0 Å². The van der Waals surface area contributed by atoms with Crippen LogP contribution in [0.25, 0.3) is 0 Å². The SMILES string of the molecule is N#[C][Fe-4]([C]#N)([C]#N)([C]#N)([C]#N)[C]#N.[Mn+4]. The van der Waals surface area contributed by atoms with Crippen LogP contribution in [0.15, 0.2) is 0 Å². The number of hydrogen-bond acceptors (Lipinski definition) is 6. The zero-order chi connectivity index (χ0) is 10.7. The average Bonchev–Trinajstić information content (AvgIpc) is 2.26. The molecular formula is C6FeMnN6. The van der Waals surface area contributed by atoms with Crippen LogP contribution in [0, 0.1) is 61.4 Å². The van der Waals surface area contributed by atoms with Gasteiger partial charge in [0.05, 0.1) is 0 Å². The van der Waals surface area contributed by atoms with Crippen molar-refractivity contribution < 1.29 is 27.8 Å². The third-order valence-corrected chi connectivity index (χ3v) is 4.89. The zero-order valence-corrected chi connectivity index (χ0v) is 8.70. The maximum atomic E-state index is 8.58. The molecule has 0 saturated carbocycles. The van der Waals surface area contributed by atoms with Crippen LogP contribution in [0.3, 0.4) is 0 Å². The van der Waals surface area contributed by atoms with Crippen LogP contribution in [-0.4, -0.2) is 0 Å². The van der Waals surface area contributed by atoms with Crippen molar-refractivity contribution in [2.24, 2.45) is 0 Å². The molecule has 0 spiro atoms. The molecule has 0 saturated heterocycles. The molecule has 0 aliphatic carbocycles. The molecule has 6 nitrogen and oxygen atoms in total. The van der Waals surface area contributed by atoms with Crippen molar-refractivity contribution in [1.29, 1.82) is 31.6 Å². The molecule has 0 aromatic heterocycles. The fourth-order valence-corrected chi connectivity index (χ4v) is 1.09. The first kappa shape index (κ1) is 14.5. The molecule has 0 aliphatic heterocycles. The van der Waals surface area contributed by atoms with E-state index in [0.29, 0.717) is 0 Å². The number of nitriles is 6. The molecule has 0 bridgehead atoms. The minimum atomic E-state index is -6.17. The van der Waals surface area contributed by atoms with E-state index in [9.17, 15) is 0 Å². The summed E-state index contributed by atoms with van der Waals surface area (Å²) in [6.07, 6.45) is 0. The van der Waals surface area contributed by atoms with Gasteiger partial charge in [0.15, 0.2) is 0 Å². The Hall–Kier alpha value is -2.02. The third kappa shape index (κ3) is 1.03. The van der Waals surface area contributed by atoms with Crippen LogP contribution in [-0.2, 0) is 27.8 Å². The van der Waals surface area contributed by atoms with Crippen molar-refractivity contribution in [2.75, 3.05) is 0 Å². The van der Waals surface area contributed by atoms with E-state index < -0.39 is 10.7 Å². The molecule has 0 fully saturated rings. The Labute approximate surface area is 89.2 Å². The van der Waals surface area contributed by atoms with Gasteiger partial charge in [0.25, 0.3) is 0 Å². The van der Waals surface area contributed by atoms with Crippen molar-refractivity contribution in [2.45, 2.75) is 0 Å². The minimum Gasteiger partial charge on any atom is 4.00 e. The van der Waals surface area contributed by atoms with Crippen LogP contribution >= 0.6 is 0 Å². The molecule has 0 aromatic rings. The molecule has 0 atom stereocenters. The maximum Gasteiger partial charge on any atom is 4.00 e. The molecule has 0 rings (SSSR count). The summed E-state index contributed by atoms with van der Waals surface area (Å²) >= 11 is 0. The van der Waals surface area contributed by atoms with Gasteiger partial charge in [-0.05, 0) is 0 Å². The smallest absolute Gasteiger partial charge is 4.00 e. The number of nitrogens with zero attached hydrogens (tertiary/aromatic N) is 6. The Morgan fingerprint density at radius 1 is 0.500 bits per heavy atom. The Kier molecular flexibility index (Phi) is 3.14. The van der Waals surface area contributed by atoms with E-state index in [1.807, 2.05) is 0 Å². The monoisotopic (exact) mass is 267 g/mol. The van der Waals surface area contributed by atoms with Crippen LogP contribution < -0.4 is 0 Å². The topological polar surface area (TPSA) is 143 Å². The van der Waals surface area contributed by atoms with Crippen LogP contribution in [0.5, 0.6) is 0 Å². The Bertz CT molecular complexity index is 392. The molecule has 0 aromatic carbocycles. The first-order chi connectivity index (χ1) is 5.97. The Balaban J connectivity index is 0. The van der Waals surface area contributed by atoms with Crippen molar-refractivity contribution >= 4 is 0 Å². The van der Waals surface area contributed by atoms with E-state index in [2.05, 4.69) is 0 Å². The normalized spacial score (nSPS) is 12.4. The molecule has 14 heavy (non-hydrogen) atoms. The molecule has 0 heterocycles. The molecular weight excluding hydrogens is 267 g/mol. The van der Waals surface area contributed by atoms with E-state index in [0.717, 1.165) is 29.8 Å². The zero-order valence-electron chi connectivity index (χ0n) is 6.41. The van der Waals surface area contributed by atoms with Gasteiger partial charge in [0, 0.05) is 0 Å². The molecule has 0 amide bonds. The number of rotatable bonds is 0. The second kappa shape index (κ2) is 3.04. The largest absolute Gasteiger partial charge is 4.00 e.